The lowest BCUT2D eigenvalue weighted by atomic mass is 10.1. The van der Waals surface area contributed by atoms with Gasteiger partial charge >= 0.3 is 0 Å². The highest BCUT2D eigenvalue weighted by Crippen LogP contribution is 2.10. The van der Waals surface area contributed by atoms with E-state index >= 15 is 0 Å². The van der Waals surface area contributed by atoms with Crippen molar-refractivity contribution in [1.29, 1.82) is 0 Å². The smallest absolute Gasteiger partial charge is 0.0718 e. The number of hydrogen-bond acceptors (Lipinski definition) is 3. The van der Waals surface area contributed by atoms with Crippen molar-refractivity contribution in [2.45, 2.75) is 52.8 Å². The number of aromatic nitrogens is 2. The summed E-state index contributed by atoms with van der Waals surface area (Å²) in [6.45, 7) is 10.3. The summed E-state index contributed by atoms with van der Waals surface area (Å²) in [5.41, 5.74) is 1.70. The summed E-state index contributed by atoms with van der Waals surface area (Å²) in [7, 11) is 2.02. The molecule has 0 spiro atoms. The SMILES string of the molecule is CCc1cc(CN(C)CC(C)(C)O)n(CC)n1. The van der Waals surface area contributed by atoms with Crippen LogP contribution in [0.2, 0.25) is 0 Å². The molecule has 0 saturated carbocycles. The van der Waals surface area contributed by atoms with E-state index in [2.05, 4.69) is 29.9 Å². The predicted octanol–water partition coefficient (Wildman–Crippen LogP) is 1.67. The van der Waals surface area contributed by atoms with Crippen LogP contribution in [-0.2, 0) is 19.5 Å². The third-order valence-corrected chi connectivity index (χ3v) is 2.66. The van der Waals surface area contributed by atoms with Gasteiger partial charge in [0, 0.05) is 19.6 Å². The van der Waals surface area contributed by atoms with Gasteiger partial charge in [0.2, 0.25) is 0 Å². The number of hydrogen-bond donors (Lipinski definition) is 1. The van der Waals surface area contributed by atoms with Gasteiger partial charge in [-0.05, 0) is 40.3 Å². The highest BCUT2D eigenvalue weighted by Gasteiger charge is 2.17. The number of likely N-dealkylation sites (N-methyl/N-ethyl adjacent to an activating group) is 1. The van der Waals surface area contributed by atoms with Crippen molar-refractivity contribution in [1.82, 2.24) is 14.7 Å². The van der Waals surface area contributed by atoms with Crippen LogP contribution in [0.1, 0.15) is 39.1 Å². The standard InChI is InChI=1S/C13H25N3O/c1-6-11-8-12(16(7-2)14-11)9-15(5)10-13(3,4)17/h8,17H,6-7,9-10H2,1-5H3. The average Bonchev–Trinajstić information content (AvgIpc) is 2.57. The molecular formula is C13H25N3O. The van der Waals surface area contributed by atoms with Gasteiger partial charge in [0.05, 0.1) is 17.0 Å². The maximum atomic E-state index is 9.78. The van der Waals surface area contributed by atoms with Crippen LogP contribution < -0.4 is 0 Å². The van der Waals surface area contributed by atoms with Gasteiger partial charge in [-0.15, -0.1) is 0 Å². The van der Waals surface area contributed by atoms with Crippen molar-refractivity contribution in [3.05, 3.63) is 17.5 Å². The minimum Gasteiger partial charge on any atom is -0.389 e. The minimum atomic E-state index is -0.653. The molecule has 0 bridgehead atoms. The van der Waals surface area contributed by atoms with Crippen LogP contribution in [-0.4, -0.2) is 39.0 Å². The second kappa shape index (κ2) is 5.65. The van der Waals surface area contributed by atoms with Gasteiger partial charge in [-0.1, -0.05) is 6.92 Å². The Labute approximate surface area is 104 Å². The Morgan fingerprint density at radius 2 is 2.06 bits per heavy atom. The maximum absolute atomic E-state index is 9.78. The van der Waals surface area contributed by atoms with Crippen molar-refractivity contribution >= 4 is 0 Å². The molecule has 98 valence electrons. The van der Waals surface area contributed by atoms with E-state index in [1.165, 1.54) is 5.69 Å². The van der Waals surface area contributed by atoms with E-state index in [0.29, 0.717) is 6.54 Å². The summed E-state index contributed by atoms with van der Waals surface area (Å²) in [5.74, 6) is 0. The summed E-state index contributed by atoms with van der Waals surface area (Å²) in [5, 5.41) is 14.3. The van der Waals surface area contributed by atoms with Crippen LogP contribution in [0, 0.1) is 0 Å². The fourth-order valence-corrected chi connectivity index (χ4v) is 2.08. The van der Waals surface area contributed by atoms with Crippen molar-refractivity contribution in [2.75, 3.05) is 13.6 Å². The number of aliphatic hydroxyl groups is 1. The summed E-state index contributed by atoms with van der Waals surface area (Å²) < 4.78 is 2.04. The summed E-state index contributed by atoms with van der Waals surface area (Å²) in [4.78, 5) is 2.13. The molecule has 0 aromatic carbocycles. The summed E-state index contributed by atoms with van der Waals surface area (Å²) in [6, 6.07) is 2.16. The van der Waals surface area contributed by atoms with Crippen LogP contribution in [0.3, 0.4) is 0 Å². The van der Waals surface area contributed by atoms with Gasteiger partial charge in [-0.3, -0.25) is 9.58 Å². The quantitative estimate of drug-likeness (QED) is 0.821. The fourth-order valence-electron chi connectivity index (χ4n) is 2.08. The van der Waals surface area contributed by atoms with Gasteiger partial charge in [0.25, 0.3) is 0 Å². The number of aryl methyl sites for hydroxylation is 2. The van der Waals surface area contributed by atoms with E-state index in [-0.39, 0.29) is 0 Å². The molecule has 1 N–H and O–H groups in total. The van der Waals surface area contributed by atoms with E-state index < -0.39 is 5.60 Å². The third-order valence-electron chi connectivity index (χ3n) is 2.66. The Morgan fingerprint density at radius 3 is 2.53 bits per heavy atom. The second-order valence-electron chi connectivity index (χ2n) is 5.28. The molecule has 0 fully saturated rings. The first-order valence-electron chi connectivity index (χ1n) is 6.32. The average molecular weight is 239 g/mol. The van der Waals surface area contributed by atoms with Crippen LogP contribution in [0.4, 0.5) is 0 Å². The van der Waals surface area contributed by atoms with Crippen molar-refractivity contribution < 1.29 is 5.11 Å². The molecule has 0 amide bonds. The monoisotopic (exact) mass is 239 g/mol. The zero-order valence-electron chi connectivity index (χ0n) is 11.7. The molecular weight excluding hydrogens is 214 g/mol. The molecule has 0 aliphatic carbocycles. The van der Waals surface area contributed by atoms with Gasteiger partial charge in [0.15, 0.2) is 0 Å². The van der Waals surface area contributed by atoms with E-state index in [1.807, 2.05) is 25.6 Å². The Bertz CT molecular complexity index is 352. The van der Waals surface area contributed by atoms with Crippen LogP contribution >= 0.6 is 0 Å². The molecule has 0 saturated heterocycles. The van der Waals surface area contributed by atoms with Gasteiger partial charge < -0.3 is 5.11 Å². The lowest BCUT2D eigenvalue weighted by Crippen LogP contribution is -2.36. The second-order valence-corrected chi connectivity index (χ2v) is 5.28. The molecule has 0 aliphatic rings. The van der Waals surface area contributed by atoms with Gasteiger partial charge in [-0.2, -0.15) is 5.10 Å². The topological polar surface area (TPSA) is 41.3 Å². The van der Waals surface area contributed by atoms with E-state index in [1.54, 1.807) is 0 Å². The fraction of sp³-hybridized carbons (Fsp3) is 0.769. The molecule has 4 heteroatoms. The van der Waals surface area contributed by atoms with Crippen molar-refractivity contribution in [3.8, 4) is 0 Å². The van der Waals surface area contributed by atoms with E-state index in [9.17, 15) is 5.11 Å². The Hall–Kier alpha value is -0.870. The van der Waals surface area contributed by atoms with Crippen LogP contribution in [0.25, 0.3) is 0 Å². The third kappa shape index (κ3) is 4.48. The van der Waals surface area contributed by atoms with Gasteiger partial charge in [0.1, 0.15) is 0 Å². The number of rotatable bonds is 6. The van der Waals surface area contributed by atoms with Crippen LogP contribution in [0.5, 0.6) is 0 Å². The Morgan fingerprint density at radius 1 is 1.41 bits per heavy atom. The first kappa shape index (κ1) is 14.2. The Kier molecular flexibility index (Phi) is 4.71. The summed E-state index contributed by atoms with van der Waals surface area (Å²) in [6.07, 6.45) is 0.967. The largest absolute Gasteiger partial charge is 0.389 e. The van der Waals surface area contributed by atoms with E-state index in [0.717, 1.165) is 25.2 Å². The summed E-state index contributed by atoms with van der Waals surface area (Å²) >= 11 is 0. The predicted molar refractivity (Wildman–Crippen MR) is 69.9 cm³/mol. The first-order chi connectivity index (χ1) is 7.85. The number of nitrogens with zero attached hydrogens (tertiary/aromatic N) is 3. The van der Waals surface area contributed by atoms with Crippen LogP contribution in [0.15, 0.2) is 6.07 Å². The molecule has 1 rings (SSSR count). The van der Waals surface area contributed by atoms with E-state index in [4.69, 9.17) is 0 Å². The lowest BCUT2D eigenvalue weighted by Gasteiger charge is -2.25. The molecule has 1 aromatic rings. The minimum absolute atomic E-state index is 0.653. The highest BCUT2D eigenvalue weighted by molar-refractivity contribution is 5.10. The molecule has 4 nitrogen and oxygen atoms in total. The Balaban J connectivity index is 2.70. The highest BCUT2D eigenvalue weighted by atomic mass is 16.3. The molecule has 1 heterocycles. The normalized spacial score (nSPS) is 12.4. The zero-order valence-corrected chi connectivity index (χ0v) is 11.7. The maximum Gasteiger partial charge on any atom is 0.0718 e. The van der Waals surface area contributed by atoms with Crippen molar-refractivity contribution in [2.24, 2.45) is 0 Å². The molecule has 17 heavy (non-hydrogen) atoms. The zero-order chi connectivity index (χ0) is 13.1. The molecule has 0 atom stereocenters. The molecule has 1 aromatic heterocycles. The first-order valence-corrected chi connectivity index (χ1v) is 6.32. The van der Waals surface area contributed by atoms with Gasteiger partial charge in [-0.25, -0.2) is 0 Å². The lowest BCUT2D eigenvalue weighted by molar-refractivity contribution is 0.0418. The van der Waals surface area contributed by atoms with Crippen molar-refractivity contribution in [3.63, 3.8) is 0 Å². The molecule has 0 radical (unpaired) electrons. The molecule has 0 unspecified atom stereocenters. The molecule has 0 aliphatic heterocycles.